The monoisotopic (exact) mass is 265 g/mol. The molecule has 1 aliphatic rings. The second kappa shape index (κ2) is 5.65. The molecule has 0 aliphatic heterocycles. The summed E-state index contributed by atoms with van der Waals surface area (Å²) in [7, 11) is 0. The van der Waals surface area contributed by atoms with E-state index in [0.29, 0.717) is 6.42 Å². The van der Waals surface area contributed by atoms with Crippen LogP contribution in [0.3, 0.4) is 0 Å². The smallest absolute Gasteiger partial charge is 0.226 e. The molecule has 0 radical (unpaired) electrons. The number of amides is 1. The first kappa shape index (κ1) is 13.3. The Morgan fingerprint density at radius 3 is 2.61 bits per heavy atom. The zero-order valence-corrected chi connectivity index (χ0v) is 11.5. The largest absolute Gasteiger partial charge is 0.343 e. The highest BCUT2D eigenvalue weighted by atomic mass is 32.1. The molecule has 1 fully saturated rings. The van der Waals surface area contributed by atoms with Crippen molar-refractivity contribution in [3.05, 3.63) is 22.4 Å². The average molecular weight is 265 g/mol. The summed E-state index contributed by atoms with van der Waals surface area (Å²) >= 11 is 1.57. The fourth-order valence-corrected chi connectivity index (χ4v) is 3.31. The normalized spacial score (nSPS) is 18.3. The SMILES string of the molecule is CC(=O)C1(NC(=O)Cc2cccs2)CCCCC1. The molecule has 0 spiro atoms. The van der Waals surface area contributed by atoms with E-state index in [4.69, 9.17) is 0 Å². The molecule has 0 aromatic carbocycles. The van der Waals surface area contributed by atoms with E-state index in [1.165, 1.54) is 0 Å². The number of carbonyl (C=O) groups is 2. The first-order valence-corrected chi connectivity index (χ1v) is 7.35. The third-order valence-corrected chi connectivity index (χ3v) is 4.55. The minimum Gasteiger partial charge on any atom is -0.343 e. The number of nitrogens with one attached hydrogen (secondary N) is 1. The maximum atomic E-state index is 12.0. The van der Waals surface area contributed by atoms with Gasteiger partial charge in [0, 0.05) is 4.88 Å². The fraction of sp³-hybridized carbons (Fsp3) is 0.571. The summed E-state index contributed by atoms with van der Waals surface area (Å²) in [5, 5.41) is 4.95. The summed E-state index contributed by atoms with van der Waals surface area (Å²) in [5.41, 5.74) is -0.591. The first-order chi connectivity index (χ1) is 8.62. The van der Waals surface area contributed by atoms with E-state index in [1.807, 2.05) is 17.5 Å². The molecule has 2 rings (SSSR count). The molecule has 18 heavy (non-hydrogen) atoms. The standard InChI is InChI=1S/C14H19NO2S/c1-11(16)14(7-3-2-4-8-14)15-13(17)10-12-6-5-9-18-12/h5-6,9H,2-4,7-8,10H2,1H3,(H,15,17). The Labute approximate surface area is 112 Å². The highest BCUT2D eigenvalue weighted by Gasteiger charge is 2.37. The van der Waals surface area contributed by atoms with Crippen molar-refractivity contribution in [3.8, 4) is 0 Å². The van der Waals surface area contributed by atoms with Gasteiger partial charge in [-0.25, -0.2) is 0 Å². The summed E-state index contributed by atoms with van der Waals surface area (Å²) in [6, 6.07) is 3.89. The van der Waals surface area contributed by atoms with E-state index in [0.717, 1.165) is 37.0 Å². The van der Waals surface area contributed by atoms with Gasteiger partial charge in [0.1, 0.15) is 0 Å². The van der Waals surface area contributed by atoms with Crippen LogP contribution in [0.2, 0.25) is 0 Å². The Morgan fingerprint density at radius 1 is 1.33 bits per heavy atom. The van der Waals surface area contributed by atoms with Gasteiger partial charge >= 0.3 is 0 Å². The molecular weight excluding hydrogens is 246 g/mol. The molecule has 1 amide bonds. The van der Waals surface area contributed by atoms with Crippen LogP contribution >= 0.6 is 11.3 Å². The van der Waals surface area contributed by atoms with Crippen molar-refractivity contribution in [1.29, 1.82) is 0 Å². The molecule has 1 aromatic heterocycles. The molecule has 3 nitrogen and oxygen atoms in total. The first-order valence-electron chi connectivity index (χ1n) is 6.47. The van der Waals surface area contributed by atoms with Gasteiger partial charge < -0.3 is 5.32 Å². The third kappa shape index (κ3) is 2.99. The van der Waals surface area contributed by atoms with Crippen molar-refractivity contribution in [1.82, 2.24) is 5.32 Å². The summed E-state index contributed by atoms with van der Waals surface area (Å²) < 4.78 is 0. The van der Waals surface area contributed by atoms with Crippen LogP contribution in [-0.4, -0.2) is 17.2 Å². The molecule has 0 atom stereocenters. The maximum absolute atomic E-state index is 12.0. The Bertz CT molecular complexity index is 419. The highest BCUT2D eigenvalue weighted by Crippen LogP contribution is 2.29. The third-order valence-electron chi connectivity index (χ3n) is 3.67. The molecule has 1 saturated carbocycles. The van der Waals surface area contributed by atoms with E-state index in [1.54, 1.807) is 18.3 Å². The van der Waals surface area contributed by atoms with Crippen molar-refractivity contribution in [2.24, 2.45) is 0 Å². The highest BCUT2D eigenvalue weighted by molar-refractivity contribution is 7.10. The van der Waals surface area contributed by atoms with Crippen LogP contribution < -0.4 is 5.32 Å². The predicted molar refractivity (Wildman–Crippen MR) is 72.7 cm³/mol. The summed E-state index contributed by atoms with van der Waals surface area (Å²) in [6.07, 6.45) is 5.18. The van der Waals surface area contributed by atoms with Crippen LogP contribution in [0.15, 0.2) is 17.5 Å². The fourth-order valence-electron chi connectivity index (χ4n) is 2.60. The second-order valence-electron chi connectivity index (χ2n) is 5.00. The molecule has 1 N–H and O–H groups in total. The van der Waals surface area contributed by atoms with E-state index < -0.39 is 5.54 Å². The quantitative estimate of drug-likeness (QED) is 0.909. The van der Waals surface area contributed by atoms with E-state index in [-0.39, 0.29) is 11.7 Å². The predicted octanol–water partition coefficient (Wildman–Crippen LogP) is 2.70. The Hall–Kier alpha value is -1.16. The van der Waals surface area contributed by atoms with Gasteiger partial charge in [0.15, 0.2) is 5.78 Å². The molecule has 0 unspecified atom stereocenters. The Morgan fingerprint density at radius 2 is 2.06 bits per heavy atom. The van der Waals surface area contributed by atoms with Gasteiger partial charge in [-0.2, -0.15) is 0 Å². The van der Waals surface area contributed by atoms with Crippen molar-refractivity contribution < 1.29 is 9.59 Å². The average Bonchev–Trinajstić information content (AvgIpc) is 2.82. The molecule has 98 valence electrons. The molecular formula is C14H19NO2S. The summed E-state index contributed by atoms with van der Waals surface area (Å²) in [6.45, 7) is 1.59. The van der Waals surface area contributed by atoms with Crippen molar-refractivity contribution >= 4 is 23.0 Å². The minimum absolute atomic E-state index is 0.0328. The number of ketones is 1. The Kier molecular flexibility index (Phi) is 4.17. The van der Waals surface area contributed by atoms with Crippen LogP contribution in [0, 0.1) is 0 Å². The van der Waals surface area contributed by atoms with E-state index in [9.17, 15) is 9.59 Å². The number of thiophene rings is 1. The molecule has 1 aromatic rings. The Balaban J connectivity index is 2.00. The molecule has 0 bridgehead atoms. The van der Waals surface area contributed by atoms with Gasteiger partial charge in [0.05, 0.1) is 12.0 Å². The summed E-state index contributed by atoms with van der Waals surface area (Å²) in [4.78, 5) is 24.9. The number of carbonyl (C=O) groups excluding carboxylic acids is 2. The van der Waals surface area contributed by atoms with Crippen molar-refractivity contribution in [2.75, 3.05) is 0 Å². The molecule has 0 saturated heterocycles. The second-order valence-corrected chi connectivity index (χ2v) is 6.04. The maximum Gasteiger partial charge on any atom is 0.226 e. The number of hydrogen-bond acceptors (Lipinski definition) is 3. The topological polar surface area (TPSA) is 46.2 Å². The number of Topliss-reactive ketones (excluding diaryl/α,β-unsaturated/α-hetero) is 1. The lowest BCUT2D eigenvalue weighted by Gasteiger charge is -2.35. The molecule has 1 heterocycles. The van der Waals surface area contributed by atoms with Gasteiger partial charge in [-0.15, -0.1) is 11.3 Å². The van der Waals surface area contributed by atoms with Gasteiger partial charge in [-0.3, -0.25) is 9.59 Å². The zero-order chi connectivity index (χ0) is 13.0. The zero-order valence-electron chi connectivity index (χ0n) is 10.7. The van der Waals surface area contributed by atoms with Crippen LogP contribution in [0.5, 0.6) is 0 Å². The van der Waals surface area contributed by atoms with Gasteiger partial charge in [-0.05, 0) is 31.2 Å². The van der Waals surface area contributed by atoms with E-state index in [2.05, 4.69) is 5.32 Å². The van der Waals surface area contributed by atoms with E-state index >= 15 is 0 Å². The summed E-state index contributed by atoms with van der Waals surface area (Å²) in [5.74, 6) is 0.0660. The van der Waals surface area contributed by atoms with Crippen LogP contribution in [-0.2, 0) is 16.0 Å². The van der Waals surface area contributed by atoms with Gasteiger partial charge in [-0.1, -0.05) is 25.3 Å². The van der Waals surface area contributed by atoms with Crippen LogP contribution in [0.4, 0.5) is 0 Å². The van der Waals surface area contributed by atoms with Crippen molar-refractivity contribution in [3.63, 3.8) is 0 Å². The lowest BCUT2D eigenvalue weighted by Crippen LogP contribution is -2.55. The number of hydrogen-bond donors (Lipinski definition) is 1. The van der Waals surface area contributed by atoms with Gasteiger partial charge in [0.25, 0.3) is 0 Å². The lowest BCUT2D eigenvalue weighted by molar-refractivity contribution is -0.131. The lowest BCUT2D eigenvalue weighted by atomic mass is 9.79. The number of rotatable bonds is 4. The van der Waals surface area contributed by atoms with Gasteiger partial charge in [0.2, 0.25) is 5.91 Å². The minimum atomic E-state index is -0.591. The van der Waals surface area contributed by atoms with Crippen LogP contribution in [0.25, 0.3) is 0 Å². The van der Waals surface area contributed by atoms with Crippen molar-refractivity contribution in [2.45, 2.75) is 51.0 Å². The molecule has 4 heteroatoms. The molecule has 1 aliphatic carbocycles. The van der Waals surface area contributed by atoms with Crippen LogP contribution in [0.1, 0.15) is 43.9 Å².